The smallest absolute Gasteiger partial charge is 0.0926 e. The van der Waals surface area contributed by atoms with Crippen LogP contribution in [0.3, 0.4) is 0 Å². The molecule has 0 spiro atoms. The lowest BCUT2D eigenvalue weighted by atomic mass is 9.99. The van der Waals surface area contributed by atoms with E-state index in [1.165, 1.54) is 32.7 Å². The number of nitrogens with one attached hydrogen (secondary N) is 1. The summed E-state index contributed by atoms with van der Waals surface area (Å²) < 4.78 is 0. The number of aromatic nitrogens is 2. The maximum absolute atomic E-state index is 4.68. The SMILES string of the molecule is CCc1nc(CN2CC=C(c3c[nH]c4ccccc34)CC2)cs1. The number of fused-ring (bicyclic) bond motifs is 1. The normalized spacial score (nSPS) is 16.0. The van der Waals surface area contributed by atoms with E-state index in [1.54, 1.807) is 11.3 Å². The van der Waals surface area contributed by atoms with Gasteiger partial charge in [-0.25, -0.2) is 4.98 Å². The predicted octanol–water partition coefficient (Wildman–Crippen LogP) is 4.48. The molecule has 4 heteroatoms. The molecule has 0 atom stereocenters. The van der Waals surface area contributed by atoms with Crippen LogP contribution in [0.15, 0.2) is 41.9 Å². The monoisotopic (exact) mass is 323 g/mol. The highest BCUT2D eigenvalue weighted by molar-refractivity contribution is 7.09. The lowest BCUT2D eigenvalue weighted by Gasteiger charge is -2.25. The van der Waals surface area contributed by atoms with Crippen LogP contribution in [0.5, 0.6) is 0 Å². The number of H-pyrrole nitrogens is 1. The molecule has 23 heavy (non-hydrogen) atoms. The topological polar surface area (TPSA) is 31.9 Å². The fourth-order valence-electron chi connectivity index (χ4n) is 3.25. The van der Waals surface area contributed by atoms with E-state index in [9.17, 15) is 0 Å². The molecule has 0 aliphatic carbocycles. The van der Waals surface area contributed by atoms with Crippen LogP contribution in [0, 0.1) is 0 Å². The zero-order valence-electron chi connectivity index (χ0n) is 13.4. The van der Waals surface area contributed by atoms with Crippen molar-refractivity contribution in [1.82, 2.24) is 14.9 Å². The van der Waals surface area contributed by atoms with Crippen molar-refractivity contribution in [1.29, 1.82) is 0 Å². The Morgan fingerprint density at radius 2 is 2.22 bits per heavy atom. The molecule has 0 saturated carbocycles. The third kappa shape index (κ3) is 2.96. The molecular formula is C19H21N3S. The van der Waals surface area contributed by atoms with Gasteiger partial charge in [0.15, 0.2) is 0 Å². The number of aryl methyl sites for hydroxylation is 1. The van der Waals surface area contributed by atoms with Crippen molar-refractivity contribution in [3.05, 3.63) is 58.2 Å². The second-order valence-electron chi connectivity index (χ2n) is 6.05. The third-order valence-electron chi connectivity index (χ3n) is 4.52. The Bertz CT molecular complexity index is 843. The number of nitrogens with zero attached hydrogens (tertiary/aromatic N) is 2. The zero-order chi connectivity index (χ0) is 15.6. The van der Waals surface area contributed by atoms with Crippen molar-refractivity contribution in [2.75, 3.05) is 13.1 Å². The molecule has 1 aliphatic rings. The van der Waals surface area contributed by atoms with Gasteiger partial charge in [-0.3, -0.25) is 4.90 Å². The van der Waals surface area contributed by atoms with Crippen LogP contribution in [-0.4, -0.2) is 28.0 Å². The van der Waals surface area contributed by atoms with Gasteiger partial charge in [-0.1, -0.05) is 31.2 Å². The van der Waals surface area contributed by atoms with Gasteiger partial charge in [0.2, 0.25) is 0 Å². The Morgan fingerprint density at radius 3 is 3.00 bits per heavy atom. The van der Waals surface area contributed by atoms with E-state index in [0.29, 0.717) is 0 Å². The molecule has 0 fully saturated rings. The summed E-state index contributed by atoms with van der Waals surface area (Å²) in [6, 6.07) is 8.54. The summed E-state index contributed by atoms with van der Waals surface area (Å²) in [5, 5.41) is 4.78. The molecule has 3 heterocycles. The Kier molecular flexibility index (Phi) is 4.02. The summed E-state index contributed by atoms with van der Waals surface area (Å²) in [5.74, 6) is 0. The highest BCUT2D eigenvalue weighted by Crippen LogP contribution is 2.29. The van der Waals surface area contributed by atoms with Gasteiger partial charge in [0.25, 0.3) is 0 Å². The van der Waals surface area contributed by atoms with Crippen LogP contribution in [-0.2, 0) is 13.0 Å². The van der Waals surface area contributed by atoms with Crippen molar-refractivity contribution in [2.45, 2.75) is 26.3 Å². The fourth-order valence-corrected chi connectivity index (χ4v) is 3.99. The highest BCUT2D eigenvalue weighted by atomic mass is 32.1. The molecule has 3 aromatic rings. The maximum atomic E-state index is 4.68. The molecule has 4 rings (SSSR count). The first-order valence-electron chi connectivity index (χ1n) is 8.24. The van der Waals surface area contributed by atoms with E-state index in [0.717, 1.165) is 32.5 Å². The maximum Gasteiger partial charge on any atom is 0.0926 e. The van der Waals surface area contributed by atoms with Crippen molar-refractivity contribution in [2.24, 2.45) is 0 Å². The number of hydrogen-bond donors (Lipinski definition) is 1. The lowest BCUT2D eigenvalue weighted by Crippen LogP contribution is -2.28. The minimum atomic E-state index is 0.966. The van der Waals surface area contributed by atoms with E-state index in [2.05, 4.69) is 63.7 Å². The molecule has 118 valence electrons. The molecular weight excluding hydrogens is 302 g/mol. The van der Waals surface area contributed by atoms with E-state index in [-0.39, 0.29) is 0 Å². The molecule has 2 aromatic heterocycles. The number of benzene rings is 1. The average molecular weight is 323 g/mol. The molecule has 0 bridgehead atoms. The first-order valence-corrected chi connectivity index (χ1v) is 9.12. The first kappa shape index (κ1) is 14.7. The quantitative estimate of drug-likeness (QED) is 0.768. The Balaban J connectivity index is 1.48. The molecule has 0 amide bonds. The standard InChI is InChI=1S/C19H21N3S/c1-2-19-21-15(13-23-19)12-22-9-7-14(8-10-22)17-11-20-18-6-4-3-5-16(17)18/h3-7,11,13,20H,2,8-10,12H2,1H3. The minimum Gasteiger partial charge on any atom is -0.361 e. The van der Waals surface area contributed by atoms with Crippen molar-refractivity contribution in [3.63, 3.8) is 0 Å². The average Bonchev–Trinajstić information content (AvgIpc) is 3.22. The Morgan fingerprint density at radius 1 is 1.30 bits per heavy atom. The molecule has 1 aliphatic heterocycles. The van der Waals surface area contributed by atoms with E-state index >= 15 is 0 Å². The van der Waals surface area contributed by atoms with E-state index in [4.69, 9.17) is 0 Å². The van der Waals surface area contributed by atoms with E-state index in [1.807, 2.05) is 0 Å². The van der Waals surface area contributed by atoms with Crippen molar-refractivity contribution in [3.8, 4) is 0 Å². The molecule has 0 unspecified atom stereocenters. The second-order valence-corrected chi connectivity index (χ2v) is 6.99. The van der Waals surface area contributed by atoms with Crippen LogP contribution in [0.2, 0.25) is 0 Å². The van der Waals surface area contributed by atoms with Crippen molar-refractivity contribution < 1.29 is 0 Å². The number of para-hydroxylation sites is 1. The second kappa shape index (κ2) is 6.30. The van der Waals surface area contributed by atoms with Gasteiger partial charge in [-0.15, -0.1) is 11.3 Å². The van der Waals surface area contributed by atoms with Gasteiger partial charge in [-0.2, -0.15) is 0 Å². The summed E-state index contributed by atoms with van der Waals surface area (Å²) in [7, 11) is 0. The number of hydrogen-bond acceptors (Lipinski definition) is 3. The van der Waals surface area contributed by atoms with Crippen LogP contribution < -0.4 is 0 Å². The first-order chi connectivity index (χ1) is 11.3. The van der Waals surface area contributed by atoms with Gasteiger partial charge in [-0.05, 0) is 24.5 Å². The van der Waals surface area contributed by atoms with Gasteiger partial charge in [0.05, 0.1) is 10.7 Å². The third-order valence-corrected chi connectivity index (χ3v) is 5.56. The highest BCUT2D eigenvalue weighted by Gasteiger charge is 2.16. The molecule has 1 N–H and O–H groups in total. The van der Waals surface area contributed by atoms with Crippen LogP contribution >= 0.6 is 11.3 Å². The fraction of sp³-hybridized carbons (Fsp3) is 0.316. The summed E-state index contributed by atoms with van der Waals surface area (Å²) in [4.78, 5) is 10.5. The van der Waals surface area contributed by atoms with Gasteiger partial charge < -0.3 is 4.98 Å². The summed E-state index contributed by atoms with van der Waals surface area (Å²) >= 11 is 1.78. The largest absolute Gasteiger partial charge is 0.361 e. The summed E-state index contributed by atoms with van der Waals surface area (Å²) in [5.41, 5.74) is 5.27. The zero-order valence-corrected chi connectivity index (χ0v) is 14.2. The van der Waals surface area contributed by atoms with Crippen LogP contribution in [0.25, 0.3) is 16.5 Å². The van der Waals surface area contributed by atoms with Gasteiger partial charge in [0.1, 0.15) is 0 Å². The van der Waals surface area contributed by atoms with Crippen molar-refractivity contribution >= 4 is 27.8 Å². The lowest BCUT2D eigenvalue weighted by molar-refractivity contribution is 0.291. The summed E-state index contributed by atoms with van der Waals surface area (Å²) in [6.07, 6.45) is 6.67. The van der Waals surface area contributed by atoms with Gasteiger partial charge in [0, 0.05) is 47.7 Å². The molecule has 0 saturated heterocycles. The predicted molar refractivity (Wildman–Crippen MR) is 97.7 cm³/mol. The number of aromatic amines is 1. The summed E-state index contributed by atoms with van der Waals surface area (Å²) in [6.45, 7) is 5.24. The van der Waals surface area contributed by atoms with Crippen LogP contribution in [0.4, 0.5) is 0 Å². The molecule has 3 nitrogen and oxygen atoms in total. The minimum absolute atomic E-state index is 0.966. The van der Waals surface area contributed by atoms with E-state index < -0.39 is 0 Å². The van der Waals surface area contributed by atoms with Gasteiger partial charge >= 0.3 is 0 Å². The van der Waals surface area contributed by atoms with Crippen LogP contribution in [0.1, 0.15) is 29.6 Å². The Labute approximate surface area is 140 Å². The molecule has 1 aromatic carbocycles. The molecule has 0 radical (unpaired) electrons. The Hall–Kier alpha value is -1.91. The number of rotatable bonds is 4. The number of thiazole rings is 1.